The largest absolute Gasteiger partial charge is 0.478 e. The van der Waals surface area contributed by atoms with Gasteiger partial charge in [0.1, 0.15) is 6.54 Å². The molecule has 2 atom stereocenters. The van der Waals surface area contributed by atoms with Crippen LogP contribution in [0.1, 0.15) is 82.1 Å². The van der Waals surface area contributed by atoms with Gasteiger partial charge in [-0.25, -0.2) is 9.48 Å². The zero-order valence-corrected chi connectivity index (χ0v) is 18.8. The lowest BCUT2D eigenvalue weighted by molar-refractivity contribution is -0.124. The number of nitrogens with one attached hydrogen (secondary N) is 1. The highest BCUT2D eigenvalue weighted by molar-refractivity contribution is 5.85. The molecule has 31 heavy (non-hydrogen) atoms. The Labute approximate surface area is 184 Å². The lowest BCUT2D eigenvalue weighted by Crippen LogP contribution is -2.47. The third-order valence-corrected chi connectivity index (χ3v) is 6.14. The van der Waals surface area contributed by atoms with E-state index in [1.54, 1.807) is 0 Å². The molecule has 0 aromatic carbocycles. The quantitative estimate of drug-likeness (QED) is 0.582. The summed E-state index contributed by atoms with van der Waals surface area (Å²) >= 11 is 0. The van der Waals surface area contributed by atoms with Gasteiger partial charge in [-0.2, -0.15) is 5.10 Å². The Morgan fingerprint density at radius 2 is 1.87 bits per heavy atom. The fourth-order valence-corrected chi connectivity index (χ4v) is 4.45. The van der Waals surface area contributed by atoms with E-state index in [0.29, 0.717) is 18.4 Å². The number of carbonyl (C=O) groups excluding carboxylic acids is 1. The Bertz CT molecular complexity index is 727. The fraction of sp³-hybridized carbons (Fsp3) is 0.783. The molecule has 2 aliphatic rings. The SMILES string of the molecule is CC(C)COc1cc(C(=O)O)nn1CC(=O)N[C@H]1CCCC[C@@H]1OCC1CCCCC1. The molecule has 8 nitrogen and oxygen atoms in total. The van der Waals surface area contributed by atoms with Gasteiger partial charge in [0, 0.05) is 12.7 Å². The summed E-state index contributed by atoms with van der Waals surface area (Å²) in [6, 6.07) is 1.36. The number of carboxylic acids is 1. The first-order valence-electron chi connectivity index (χ1n) is 11.8. The number of carbonyl (C=O) groups is 2. The van der Waals surface area contributed by atoms with E-state index in [2.05, 4.69) is 10.4 Å². The van der Waals surface area contributed by atoms with E-state index < -0.39 is 5.97 Å². The number of amides is 1. The molecule has 2 fully saturated rings. The molecule has 1 amide bonds. The van der Waals surface area contributed by atoms with Gasteiger partial charge in [0.2, 0.25) is 11.8 Å². The zero-order valence-electron chi connectivity index (χ0n) is 18.8. The molecule has 0 unspecified atom stereocenters. The molecule has 0 saturated heterocycles. The van der Waals surface area contributed by atoms with Crippen LogP contribution in [-0.2, 0) is 16.1 Å². The molecule has 0 bridgehead atoms. The number of aromatic nitrogens is 2. The van der Waals surface area contributed by atoms with Crippen molar-refractivity contribution in [3.8, 4) is 5.88 Å². The predicted molar refractivity (Wildman–Crippen MR) is 116 cm³/mol. The van der Waals surface area contributed by atoms with Crippen LogP contribution in [0.25, 0.3) is 0 Å². The number of nitrogens with zero attached hydrogens (tertiary/aromatic N) is 2. The normalized spacial score (nSPS) is 22.4. The average Bonchev–Trinajstić information content (AvgIpc) is 3.15. The van der Waals surface area contributed by atoms with E-state index in [9.17, 15) is 14.7 Å². The van der Waals surface area contributed by atoms with Crippen molar-refractivity contribution in [2.24, 2.45) is 11.8 Å². The molecular formula is C23H37N3O5. The van der Waals surface area contributed by atoms with Crippen molar-refractivity contribution >= 4 is 11.9 Å². The summed E-state index contributed by atoms with van der Waals surface area (Å²) in [6.07, 6.45) is 10.5. The van der Waals surface area contributed by atoms with Crippen molar-refractivity contribution in [2.45, 2.75) is 90.3 Å². The van der Waals surface area contributed by atoms with Crippen molar-refractivity contribution < 1.29 is 24.2 Å². The molecule has 0 spiro atoms. The summed E-state index contributed by atoms with van der Waals surface area (Å²) in [5.41, 5.74) is -0.127. The summed E-state index contributed by atoms with van der Waals surface area (Å²) < 4.78 is 13.3. The van der Waals surface area contributed by atoms with Crippen molar-refractivity contribution in [2.75, 3.05) is 13.2 Å². The van der Waals surface area contributed by atoms with Gasteiger partial charge in [0.25, 0.3) is 0 Å². The van der Waals surface area contributed by atoms with Crippen molar-refractivity contribution in [3.63, 3.8) is 0 Å². The second-order valence-corrected chi connectivity index (χ2v) is 9.37. The zero-order chi connectivity index (χ0) is 22.2. The minimum Gasteiger partial charge on any atom is -0.478 e. The first-order chi connectivity index (χ1) is 14.9. The number of hydrogen-bond acceptors (Lipinski definition) is 5. The summed E-state index contributed by atoms with van der Waals surface area (Å²) in [7, 11) is 0. The highest BCUT2D eigenvalue weighted by atomic mass is 16.5. The molecule has 8 heteroatoms. The smallest absolute Gasteiger partial charge is 0.356 e. The lowest BCUT2D eigenvalue weighted by atomic mass is 9.89. The second-order valence-electron chi connectivity index (χ2n) is 9.37. The number of rotatable bonds is 10. The van der Waals surface area contributed by atoms with E-state index in [1.807, 2.05) is 13.8 Å². The fourth-order valence-electron chi connectivity index (χ4n) is 4.45. The topological polar surface area (TPSA) is 103 Å². The monoisotopic (exact) mass is 435 g/mol. The standard InChI is InChI=1S/C23H37N3O5/c1-16(2)14-31-22-12-19(23(28)29)25-26(22)13-21(27)24-18-10-6-7-11-20(18)30-15-17-8-4-3-5-9-17/h12,16-18,20H,3-11,13-15H2,1-2H3,(H,24,27)(H,28,29)/t18-,20-/m0/s1. The Hall–Kier alpha value is -2.09. The van der Waals surface area contributed by atoms with Gasteiger partial charge in [0.05, 0.1) is 18.8 Å². The van der Waals surface area contributed by atoms with E-state index in [0.717, 1.165) is 32.3 Å². The van der Waals surface area contributed by atoms with Crippen LogP contribution in [0.3, 0.4) is 0 Å². The molecule has 2 N–H and O–H groups in total. The maximum Gasteiger partial charge on any atom is 0.356 e. The molecule has 2 saturated carbocycles. The van der Waals surface area contributed by atoms with Gasteiger partial charge in [0.15, 0.2) is 5.69 Å². The number of ether oxygens (including phenoxy) is 2. The maximum absolute atomic E-state index is 12.8. The highest BCUT2D eigenvalue weighted by Crippen LogP contribution is 2.27. The second kappa shape index (κ2) is 11.5. The van der Waals surface area contributed by atoms with Crippen LogP contribution in [0.4, 0.5) is 0 Å². The Morgan fingerprint density at radius 3 is 2.58 bits per heavy atom. The van der Waals surface area contributed by atoms with Crippen LogP contribution in [0.15, 0.2) is 6.07 Å². The van der Waals surface area contributed by atoms with Crippen LogP contribution < -0.4 is 10.1 Å². The van der Waals surface area contributed by atoms with Crippen LogP contribution >= 0.6 is 0 Å². The highest BCUT2D eigenvalue weighted by Gasteiger charge is 2.29. The third-order valence-electron chi connectivity index (χ3n) is 6.14. The summed E-state index contributed by atoms with van der Waals surface area (Å²) in [6.45, 7) is 5.13. The van der Waals surface area contributed by atoms with Gasteiger partial charge >= 0.3 is 5.97 Å². The minimum absolute atomic E-state index is 0.0145. The first-order valence-corrected chi connectivity index (χ1v) is 11.8. The maximum atomic E-state index is 12.8. The number of aromatic carboxylic acids is 1. The van der Waals surface area contributed by atoms with Gasteiger partial charge < -0.3 is 19.9 Å². The van der Waals surface area contributed by atoms with E-state index >= 15 is 0 Å². The van der Waals surface area contributed by atoms with E-state index in [1.165, 1.54) is 42.9 Å². The summed E-state index contributed by atoms with van der Waals surface area (Å²) in [5.74, 6) is -0.124. The van der Waals surface area contributed by atoms with Crippen molar-refractivity contribution in [1.82, 2.24) is 15.1 Å². The molecule has 174 valence electrons. The lowest BCUT2D eigenvalue weighted by Gasteiger charge is -2.33. The molecule has 1 aromatic heterocycles. The van der Waals surface area contributed by atoms with Gasteiger partial charge in [-0.1, -0.05) is 46.0 Å². The molecule has 0 radical (unpaired) electrons. The van der Waals surface area contributed by atoms with Crippen LogP contribution in [0, 0.1) is 11.8 Å². The van der Waals surface area contributed by atoms with Crippen molar-refractivity contribution in [1.29, 1.82) is 0 Å². The van der Waals surface area contributed by atoms with E-state index in [4.69, 9.17) is 9.47 Å². The molecule has 2 aliphatic carbocycles. The Balaban J connectivity index is 1.57. The van der Waals surface area contributed by atoms with Crippen LogP contribution in [0.5, 0.6) is 5.88 Å². The number of carboxylic acid groups (broad SMARTS) is 1. The van der Waals surface area contributed by atoms with Gasteiger partial charge in [-0.15, -0.1) is 0 Å². The molecule has 0 aliphatic heterocycles. The minimum atomic E-state index is -1.14. The van der Waals surface area contributed by atoms with Gasteiger partial charge in [-0.3, -0.25) is 4.79 Å². The van der Waals surface area contributed by atoms with E-state index in [-0.39, 0.29) is 36.2 Å². The Morgan fingerprint density at radius 1 is 1.16 bits per heavy atom. The molecular weight excluding hydrogens is 398 g/mol. The molecule has 3 rings (SSSR count). The average molecular weight is 436 g/mol. The summed E-state index contributed by atoms with van der Waals surface area (Å²) in [5, 5.41) is 16.4. The summed E-state index contributed by atoms with van der Waals surface area (Å²) in [4.78, 5) is 24.1. The third kappa shape index (κ3) is 7.23. The molecule has 1 aromatic rings. The van der Waals surface area contributed by atoms with Crippen LogP contribution in [0.2, 0.25) is 0 Å². The Kier molecular flexibility index (Phi) is 8.75. The van der Waals surface area contributed by atoms with Crippen LogP contribution in [-0.4, -0.2) is 52.1 Å². The van der Waals surface area contributed by atoms with Crippen molar-refractivity contribution in [3.05, 3.63) is 11.8 Å². The number of hydrogen-bond donors (Lipinski definition) is 2. The van der Waals surface area contributed by atoms with Gasteiger partial charge in [-0.05, 0) is 37.5 Å². The molecule has 1 heterocycles. The first kappa shape index (κ1) is 23.6. The predicted octanol–water partition coefficient (Wildman–Crippen LogP) is 3.64.